The van der Waals surface area contributed by atoms with E-state index in [1.165, 1.54) is 19.2 Å². The summed E-state index contributed by atoms with van der Waals surface area (Å²) in [5.74, 6) is -2.03. The molecule has 3 unspecified atom stereocenters. The van der Waals surface area contributed by atoms with Crippen LogP contribution >= 0.6 is 0 Å². The molecule has 0 saturated carbocycles. The summed E-state index contributed by atoms with van der Waals surface area (Å²) in [7, 11) is 1.20. The van der Waals surface area contributed by atoms with Crippen LogP contribution in [0.15, 0.2) is 48.5 Å². The SMILES string of the molecule is CCC(C)C(=O)Oc1ccc(CC(N)(C[C@H](C)OC(=O)Oc2ccccc2)C(=O)OC)cc1OC(=O)C(C)CC. The van der Waals surface area contributed by atoms with Crippen molar-refractivity contribution in [3.8, 4) is 17.2 Å². The second kappa shape index (κ2) is 15.0. The Balaban J connectivity index is 2.28. The number of ether oxygens (including phenoxy) is 5. The zero-order chi connectivity index (χ0) is 29.9. The largest absolute Gasteiger partial charge is 0.514 e. The maximum absolute atomic E-state index is 12.8. The number of methoxy groups -OCH3 is 1. The standard InChI is InChI=1S/C30H39NO9/c1-7-19(3)26(32)39-24-15-14-22(16-25(24)40-27(33)20(4)8-2)18-30(31,28(34)36-6)17-21(5)37-29(35)38-23-12-10-9-11-13-23/h9-16,19-21H,7-8,17-18,31H2,1-6H3/t19?,20?,21-,30?/m0/s1. The lowest BCUT2D eigenvalue weighted by atomic mass is 9.86. The van der Waals surface area contributed by atoms with Gasteiger partial charge >= 0.3 is 24.1 Å². The number of nitrogens with two attached hydrogens (primary N) is 1. The van der Waals surface area contributed by atoms with Gasteiger partial charge in [0.2, 0.25) is 0 Å². The van der Waals surface area contributed by atoms with E-state index in [1.807, 2.05) is 13.8 Å². The van der Waals surface area contributed by atoms with Crippen LogP contribution in [0.4, 0.5) is 4.79 Å². The summed E-state index contributed by atoms with van der Waals surface area (Å²) in [6, 6.07) is 13.0. The number of esters is 3. The van der Waals surface area contributed by atoms with Crippen LogP contribution in [0.3, 0.4) is 0 Å². The second-order valence-electron chi connectivity index (χ2n) is 9.86. The Morgan fingerprint density at radius 3 is 1.95 bits per heavy atom. The van der Waals surface area contributed by atoms with Crippen LogP contribution in [0.2, 0.25) is 0 Å². The molecule has 0 aliphatic heterocycles. The molecule has 0 radical (unpaired) electrons. The first-order valence-corrected chi connectivity index (χ1v) is 13.3. The van der Waals surface area contributed by atoms with Crippen molar-refractivity contribution in [3.05, 3.63) is 54.1 Å². The van der Waals surface area contributed by atoms with Crippen LogP contribution in [0, 0.1) is 11.8 Å². The molecule has 10 heteroatoms. The molecule has 2 aromatic rings. The number of hydrogen-bond donors (Lipinski definition) is 1. The minimum atomic E-state index is -1.62. The molecule has 40 heavy (non-hydrogen) atoms. The molecule has 0 spiro atoms. The maximum atomic E-state index is 12.8. The van der Waals surface area contributed by atoms with Gasteiger partial charge in [-0.1, -0.05) is 52.0 Å². The molecule has 2 rings (SSSR count). The van der Waals surface area contributed by atoms with Gasteiger partial charge in [-0.2, -0.15) is 0 Å². The van der Waals surface area contributed by atoms with E-state index in [2.05, 4.69) is 0 Å². The molecule has 218 valence electrons. The summed E-state index contributed by atoms with van der Waals surface area (Å²) in [6.07, 6.45) is -0.798. The van der Waals surface area contributed by atoms with Crippen molar-refractivity contribution in [3.63, 3.8) is 0 Å². The Bertz CT molecular complexity index is 1170. The summed E-state index contributed by atoms with van der Waals surface area (Å²) < 4.78 is 26.5. The first kappa shape index (κ1) is 32.3. The fourth-order valence-electron chi connectivity index (χ4n) is 3.70. The van der Waals surface area contributed by atoms with E-state index in [-0.39, 0.29) is 36.2 Å². The Labute approximate surface area is 235 Å². The highest BCUT2D eigenvalue weighted by atomic mass is 16.7. The van der Waals surface area contributed by atoms with Crippen LogP contribution in [0.25, 0.3) is 0 Å². The Morgan fingerprint density at radius 2 is 1.40 bits per heavy atom. The van der Waals surface area contributed by atoms with Gasteiger partial charge in [-0.05, 0) is 49.6 Å². The highest BCUT2D eigenvalue weighted by Gasteiger charge is 2.38. The number of carbonyl (C=O) groups excluding carboxylic acids is 4. The highest BCUT2D eigenvalue weighted by Crippen LogP contribution is 2.32. The highest BCUT2D eigenvalue weighted by molar-refractivity contribution is 5.81. The van der Waals surface area contributed by atoms with Crippen molar-refractivity contribution in [1.29, 1.82) is 0 Å². The van der Waals surface area contributed by atoms with Gasteiger partial charge in [0.25, 0.3) is 0 Å². The smallest absolute Gasteiger partial charge is 0.468 e. The van der Waals surface area contributed by atoms with E-state index in [1.54, 1.807) is 57.2 Å². The molecule has 0 heterocycles. The van der Waals surface area contributed by atoms with Gasteiger partial charge in [0.05, 0.1) is 18.9 Å². The monoisotopic (exact) mass is 557 g/mol. The fourth-order valence-corrected chi connectivity index (χ4v) is 3.70. The molecule has 10 nitrogen and oxygen atoms in total. The zero-order valence-corrected chi connectivity index (χ0v) is 23.9. The van der Waals surface area contributed by atoms with Crippen LogP contribution in [-0.2, 0) is 30.3 Å². The topological polar surface area (TPSA) is 140 Å². The van der Waals surface area contributed by atoms with Gasteiger partial charge in [-0.25, -0.2) is 4.79 Å². The number of para-hydroxylation sites is 1. The van der Waals surface area contributed by atoms with Crippen molar-refractivity contribution >= 4 is 24.1 Å². The Hall–Kier alpha value is -3.92. The molecule has 0 aliphatic rings. The summed E-state index contributed by atoms with van der Waals surface area (Å²) in [4.78, 5) is 50.0. The van der Waals surface area contributed by atoms with E-state index in [9.17, 15) is 19.2 Å². The zero-order valence-electron chi connectivity index (χ0n) is 23.9. The predicted octanol–water partition coefficient (Wildman–Crippen LogP) is 5.00. The van der Waals surface area contributed by atoms with Crippen LogP contribution in [0.5, 0.6) is 17.2 Å². The van der Waals surface area contributed by atoms with Gasteiger partial charge in [-0.3, -0.25) is 14.4 Å². The van der Waals surface area contributed by atoms with Crippen molar-refractivity contribution in [2.24, 2.45) is 17.6 Å². The number of rotatable bonds is 13. The number of hydrogen-bond acceptors (Lipinski definition) is 10. The van der Waals surface area contributed by atoms with E-state index in [4.69, 9.17) is 29.4 Å². The Kier molecular flexibility index (Phi) is 12.1. The quantitative estimate of drug-likeness (QED) is 0.203. The third kappa shape index (κ3) is 9.37. The molecule has 0 aromatic heterocycles. The van der Waals surface area contributed by atoms with Crippen LogP contribution in [-0.4, -0.2) is 42.8 Å². The molecule has 0 fully saturated rings. The minimum Gasteiger partial charge on any atom is -0.468 e. The van der Waals surface area contributed by atoms with Crippen molar-refractivity contribution in [1.82, 2.24) is 0 Å². The van der Waals surface area contributed by atoms with Gasteiger partial charge in [0.1, 0.15) is 17.4 Å². The fraction of sp³-hybridized carbons (Fsp3) is 0.467. The summed E-state index contributed by atoms with van der Waals surface area (Å²) in [5, 5.41) is 0. The number of benzene rings is 2. The van der Waals surface area contributed by atoms with Gasteiger partial charge < -0.3 is 29.4 Å². The average molecular weight is 558 g/mol. The predicted molar refractivity (Wildman–Crippen MR) is 147 cm³/mol. The van der Waals surface area contributed by atoms with E-state index >= 15 is 0 Å². The van der Waals surface area contributed by atoms with Gasteiger partial charge in [-0.15, -0.1) is 0 Å². The summed E-state index contributed by atoms with van der Waals surface area (Å²) >= 11 is 0. The van der Waals surface area contributed by atoms with Crippen molar-refractivity contribution in [2.45, 2.75) is 71.9 Å². The molecular formula is C30H39NO9. The van der Waals surface area contributed by atoms with Gasteiger partial charge in [0, 0.05) is 12.8 Å². The summed E-state index contributed by atoms with van der Waals surface area (Å²) in [5.41, 5.74) is 5.40. The molecule has 0 aliphatic carbocycles. The maximum Gasteiger partial charge on any atom is 0.514 e. The molecule has 0 saturated heterocycles. The van der Waals surface area contributed by atoms with E-state index in [0.717, 1.165) is 0 Å². The molecule has 2 aromatic carbocycles. The van der Waals surface area contributed by atoms with Crippen molar-refractivity contribution < 1.29 is 42.9 Å². The normalized spacial score (nSPS) is 14.6. The lowest BCUT2D eigenvalue weighted by Crippen LogP contribution is -2.53. The lowest BCUT2D eigenvalue weighted by Gasteiger charge is -2.29. The number of carbonyl (C=O) groups is 4. The van der Waals surface area contributed by atoms with E-state index < -0.39 is 35.7 Å². The molecular weight excluding hydrogens is 518 g/mol. The average Bonchev–Trinajstić information content (AvgIpc) is 2.92. The third-order valence-corrected chi connectivity index (χ3v) is 6.46. The molecule has 0 bridgehead atoms. The van der Waals surface area contributed by atoms with Crippen molar-refractivity contribution in [2.75, 3.05) is 7.11 Å². The minimum absolute atomic E-state index is 0.0300. The van der Waals surface area contributed by atoms with Crippen LogP contribution < -0.4 is 19.9 Å². The molecule has 0 amide bonds. The van der Waals surface area contributed by atoms with Gasteiger partial charge in [0.15, 0.2) is 11.5 Å². The lowest BCUT2D eigenvalue weighted by molar-refractivity contribution is -0.148. The Morgan fingerprint density at radius 1 is 0.825 bits per heavy atom. The second-order valence-corrected chi connectivity index (χ2v) is 9.86. The summed E-state index contributed by atoms with van der Waals surface area (Å²) in [6.45, 7) is 8.75. The first-order chi connectivity index (χ1) is 18.9. The van der Waals surface area contributed by atoms with E-state index in [0.29, 0.717) is 24.2 Å². The molecule has 4 atom stereocenters. The van der Waals surface area contributed by atoms with Crippen LogP contribution in [0.1, 0.15) is 59.4 Å². The third-order valence-electron chi connectivity index (χ3n) is 6.46. The molecule has 2 N–H and O–H groups in total. The first-order valence-electron chi connectivity index (χ1n) is 13.3.